The van der Waals surface area contributed by atoms with Crippen LogP contribution in [-0.4, -0.2) is 22.7 Å². The van der Waals surface area contributed by atoms with Gasteiger partial charge in [0.15, 0.2) is 0 Å². The van der Waals surface area contributed by atoms with Crippen molar-refractivity contribution in [2.24, 2.45) is 0 Å². The van der Waals surface area contributed by atoms with Crippen molar-refractivity contribution in [1.29, 1.82) is 0 Å². The van der Waals surface area contributed by atoms with Crippen LogP contribution in [0.1, 0.15) is 12.8 Å². The average Bonchev–Trinajstić information content (AvgIpc) is 2.14. The molecule has 1 atom stereocenters. The maximum atomic E-state index is 8.55. The second-order valence-electron chi connectivity index (χ2n) is 1.82. The third kappa shape index (κ3) is 1.35. The van der Waals surface area contributed by atoms with Gasteiger partial charge in [0.25, 0.3) is 0 Å². The molecule has 0 radical (unpaired) electrons. The molecule has 1 N–H and O–H groups in total. The topological polar surface area (TPSA) is 20.2 Å². The van der Waals surface area contributed by atoms with E-state index in [2.05, 4.69) is 0 Å². The van der Waals surface area contributed by atoms with E-state index in [-0.39, 0.29) is 0 Å². The number of thioether (sulfide) groups is 1. The quantitative estimate of drug-likeness (QED) is 0.551. The van der Waals surface area contributed by atoms with Crippen LogP contribution < -0.4 is 0 Å². The second kappa shape index (κ2) is 2.58. The van der Waals surface area contributed by atoms with Gasteiger partial charge in [0, 0.05) is 5.25 Å². The molecule has 1 saturated heterocycles. The third-order valence-corrected chi connectivity index (χ3v) is 2.61. The highest BCUT2D eigenvalue weighted by Crippen LogP contribution is 2.24. The van der Waals surface area contributed by atoms with Crippen molar-refractivity contribution in [3.63, 3.8) is 0 Å². The molecule has 0 aromatic heterocycles. The molecule has 42 valence electrons. The Kier molecular flexibility index (Phi) is 2.00. The molecule has 1 fully saturated rings. The van der Waals surface area contributed by atoms with Crippen molar-refractivity contribution in [2.45, 2.75) is 18.1 Å². The molecule has 1 rings (SSSR count). The SMILES string of the molecule is OC[C@H]1CCCS1. The van der Waals surface area contributed by atoms with E-state index in [1.165, 1.54) is 18.6 Å². The van der Waals surface area contributed by atoms with Gasteiger partial charge in [-0.05, 0) is 18.6 Å². The number of rotatable bonds is 1. The lowest BCUT2D eigenvalue weighted by atomic mass is 10.3. The highest BCUT2D eigenvalue weighted by atomic mass is 32.2. The molecule has 0 spiro atoms. The van der Waals surface area contributed by atoms with E-state index in [1.807, 2.05) is 11.8 Å². The Morgan fingerprint density at radius 3 is 2.86 bits per heavy atom. The largest absolute Gasteiger partial charge is 0.395 e. The maximum Gasteiger partial charge on any atom is 0.0550 e. The molecule has 1 aliphatic rings. The summed E-state index contributed by atoms with van der Waals surface area (Å²) in [7, 11) is 0. The van der Waals surface area contributed by atoms with Crippen LogP contribution in [0.15, 0.2) is 0 Å². The predicted octanol–water partition coefficient (Wildman–Crippen LogP) is 0.874. The highest BCUT2D eigenvalue weighted by molar-refractivity contribution is 8.00. The summed E-state index contributed by atoms with van der Waals surface area (Å²) < 4.78 is 0. The monoisotopic (exact) mass is 118 g/mol. The zero-order valence-corrected chi connectivity index (χ0v) is 5.08. The van der Waals surface area contributed by atoms with Gasteiger partial charge in [-0.15, -0.1) is 0 Å². The lowest BCUT2D eigenvalue weighted by molar-refractivity contribution is 0.293. The van der Waals surface area contributed by atoms with Crippen molar-refractivity contribution >= 4 is 11.8 Å². The molecule has 0 unspecified atom stereocenters. The van der Waals surface area contributed by atoms with Crippen molar-refractivity contribution in [3.8, 4) is 0 Å². The molecule has 0 aromatic rings. The smallest absolute Gasteiger partial charge is 0.0550 e. The second-order valence-corrected chi connectivity index (χ2v) is 3.23. The van der Waals surface area contributed by atoms with E-state index in [1.54, 1.807) is 0 Å². The molecule has 0 aliphatic carbocycles. The number of aliphatic hydroxyl groups is 1. The first-order valence-electron chi connectivity index (χ1n) is 2.66. The zero-order valence-electron chi connectivity index (χ0n) is 4.26. The lowest BCUT2D eigenvalue weighted by Crippen LogP contribution is -2.01. The van der Waals surface area contributed by atoms with Gasteiger partial charge in [0.05, 0.1) is 6.61 Å². The van der Waals surface area contributed by atoms with E-state index < -0.39 is 0 Å². The lowest BCUT2D eigenvalue weighted by Gasteiger charge is -1.98. The van der Waals surface area contributed by atoms with Crippen LogP contribution in [0.2, 0.25) is 0 Å². The van der Waals surface area contributed by atoms with Crippen LogP contribution in [0.3, 0.4) is 0 Å². The molecule has 2 heteroatoms. The van der Waals surface area contributed by atoms with Gasteiger partial charge in [-0.2, -0.15) is 11.8 Å². The molecule has 0 bridgehead atoms. The average molecular weight is 118 g/mol. The summed E-state index contributed by atoms with van der Waals surface area (Å²) in [5.41, 5.74) is 0. The summed E-state index contributed by atoms with van der Waals surface area (Å²) in [4.78, 5) is 0. The van der Waals surface area contributed by atoms with Crippen LogP contribution in [0.25, 0.3) is 0 Å². The zero-order chi connectivity index (χ0) is 5.11. The fraction of sp³-hybridized carbons (Fsp3) is 1.00. The minimum absolute atomic E-state index is 0.380. The van der Waals surface area contributed by atoms with Gasteiger partial charge >= 0.3 is 0 Å². The van der Waals surface area contributed by atoms with E-state index >= 15 is 0 Å². The Labute approximate surface area is 48.1 Å². The van der Waals surface area contributed by atoms with Gasteiger partial charge in [0.1, 0.15) is 0 Å². The van der Waals surface area contributed by atoms with Crippen LogP contribution in [0, 0.1) is 0 Å². The first-order chi connectivity index (χ1) is 3.43. The number of aliphatic hydroxyl groups excluding tert-OH is 1. The van der Waals surface area contributed by atoms with Gasteiger partial charge in [0.2, 0.25) is 0 Å². The Morgan fingerprint density at radius 2 is 2.57 bits per heavy atom. The van der Waals surface area contributed by atoms with Gasteiger partial charge in [-0.3, -0.25) is 0 Å². The van der Waals surface area contributed by atoms with Crippen molar-refractivity contribution in [1.82, 2.24) is 0 Å². The molecule has 7 heavy (non-hydrogen) atoms. The predicted molar refractivity (Wildman–Crippen MR) is 32.6 cm³/mol. The highest BCUT2D eigenvalue weighted by Gasteiger charge is 2.12. The van der Waals surface area contributed by atoms with E-state index in [9.17, 15) is 0 Å². The summed E-state index contributed by atoms with van der Waals surface area (Å²) in [5, 5.41) is 9.11. The van der Waals surface area contributed by atoms with Crippen LogP contribution in [-0.2, 0) is 0 Å². The number of hydrogen-bond acceptors (Lipinski definition) is 2. The van der Waals surface area contributed by atoms with E-state index in [0.29, 0.717) is 11.9 Å². The molecule has 1 heterocycles. The van der Waals surface area contributed by atoms with Gasteiger partial charge in [-0.1, -0.05) is 0 Å². The maximum absolute atomic E-state index is 8.55. The molecular weight excluding hydrogens is 108 g/mol. The fourth-order valence-electron chi connectivity index (χ4n) is 0.788. The van der Waals surface area contributed by atoms with Crippen LogP contribution in [0.5, 0.6) is 0 Å². The summed E-state index contributed by atoms with van der Waals surface area (Å²) in [6.45, 7) is 0.380. The van der Waals surface area contributed by atoms with E-state index in [0.717, 1.165) is 0 Å². The van der Waals surface area contributed by atoms with Crippen LogP contribution in [0.4, 0.5) is 0 Å². The van der Waals surface area contributed by atoms with Crippen molar-refractivity contribution in [3.05, 3.63) is 0 Å². The standard InChI is InChI=1S/C5H10OS/c6-4-5-2-1-3-7-5/h5-6H,1-4H2/t5-/m1/s1. The summed E-state index contributed by atoms with van der Waals surface area (Å²) in [5.74, 6) is 1.26. The first-order valence-corrected chi connectivity index (χ1v) is 3.71. The molecule has 1 aliphatic heterocycles. The fourth-order valence-corrected chi connectivity index (χ4v) is 1.89. The van der Waals surface area contributed by atoms with Crippen LogP contribution >= 0.6 is 11.8 Å². The number of hydrogen-bond donors (Lipinski definition) is 1. The summed E-state index contributed by atoms with van der Waals surface area (Å²) >= 11 is 1.89. The Hall–Kier alpha value is 0.310. The third-order valence-electron chi connectivity index (χ3n) is 1.23. The molecule has 0 amide bonds. The Balaban J connectivity index is 2.14. The molecular formula is C5H10OS. The molecule has 0 saturated carbocycles. The molecule has 1 nitrogen and oxygen atoms in total. The van der Waals surface area contributed by atoms with Crippen molar-refractivity contribution in [2.75, 3.05) is 12.4 Å². The van der Waals surface area contributed by atoms with Gasteiger partial charge in [-0.25, -0.2) is 0 Å². The summed E-state index contributed by atoms with van der Waals surface area (Å²) in [6.07, 6.45) is 2.52. The van der Waals surface area contributed by atoms with Crippen molar-refractivity contribution < 1.29 is 5.11 Å². The minimum atomic E-state index is 0.380. The van der Waals surface area contributed by atoms with Gasteiger partial charge < -0.3 is 5.11 Å². The molecule has 0 aromatic carbocycles. The van der Waals surface area contributed by atoms with E-state index in [4.69, 9.17) is 5.11 Å². The normalized spacial score (nSPS) is 31.3. The Bertz CT molecular complexity index is 50.0. The Morgan fingerprint density at radius 1 is 1.71 bits per heavy atom. The minimum Gasteiger partial charge on any atom is -0.395 e. The first kappa shape index (κ1) is 5.45. The summed E-state index contributed by atoms with van der Waals surface area (Å²) in [6, 6.07) is 0.